The van der Waals surface area contributed by atoms with E-state index >= 15 is 0 Å². The minimum Gasteiger partial charge on any atom is -0.463 e. The number of ether oxygens (including phenoxy) is 3. The quantitative estimate of drug-likeness (QED) is 0.747. The molecule has 2 fully saturated rings. The number of carbonyl (C=O) groups is 2. The predicted molar refractivity (Wildman–Crippen MR) is 105 cm³/mol. The topological polar surface area (TPSA) is 91.7 Å². The standard InChI is InChI=1S/C21H31N3O5/c1-2-16-18-17(13-21(14-22-19(18)25)5-10-28-11-6-21)24(23-16)7-12-29-20(26)15-3-8-27-9-4-15/h15H,2-14H2,1H3,(H,22,25). The molecule has 4 rings (SSSR count). The van der Waals surface area contributed by atoms with Crippen molar-refractivity contribution in [3.63, 3.8) is 0 Å². The van der Waals surface area contributed by atoms with Gasteiger partial charge < -0.3 is 19.5 Å². The first-order chi connectivity index (χ1) is 14.1. The molecule has 3 aliphatic rings. The SMILES string of the molecule is CCc1nn(CCOC(=O)C2CCOCC2)c2c1C(=O)NCC1(CCOCC1)C2. The van der Waals surface area contributed by atoms with Crippen LogP contribution in [0, 0.1) is 11.3 Å². The van der Waals surface area contributed by atoms with Crippen LogP contribution in [0.5, 0.6) is 0 Å². The van der Waals surface area contributed by atoms with Crippen LogP contribution >= 0.6 is 0 Å². The molecular formula is C21H31N3O5. The van der Waals surface area contributed by atoms with Gasteiger partial charge in [-0.15, -0.1) is 0 Å². The van der Waals surface area contributed by atoms with Gasteiger partial charge in [-0.3, -0.25) is 14.3 Å². The average Bonchev–Trinajstić information content (AvgIpc) is 3.03. The fourth-order valence-corrected chi connectivity index (χ4v) is 4.64. The number of aryl methyl sites for hydroxylation is 1. The van der Waals surface area contributed by atoms with Crippen molar-refractivity contribution in [2.24, 2.45) is 11.3 Å². The minimum atomic E-state index is -0.152. The van der Waals surface area contributed by atoms with Crippen molar-refractivity contribution in [2.75, 3.05) is 39.6 Å². The molecule has 0 aromatic carbocycles. The molecule has 4 heterocycles. The summed E-state index contributed by atoms with van der Waals surface area (Å²) in [5, 5.41) is 7.82. The molecule has 0 bridgehead atoms. The zero-order chi connectivity index (χ0) is 20.3. The Bertz CT molecular complexity index is 748. The van der Waals surface area contributed by atoms with Crippen LogP contribution in [0.2, 0.25) is 0 Å². The van der Waals surface area contributed by atoms with Crippen molar-refractivity contribution in [3.8, 4) is 0 Å². The van der Waals surface area contributed by atoms with Gasteiger partial charge in [0.15, 0.2) is 0 Å². The van der Waals surface area contributed by atoms with E-state index in [0.717, 1.165) is 56.7 Å². The molecule has 1 N–H and O–H groups in total. The van der Waals surface area contributed by atoms with Gasteiger partial charge in [0, 0.05) is 33.0 Å². The van der Waals surface area contributed by atoms with Gasteiger partial charge in [0.05, 0.1) is 29.4 Å². The first kappa shape index (κ1) is 20.3. The molecule has 1 amide bonds. The highest BCUT2D eigenvalue weighted by Crippen LogP contribution is 2.37. The Morgan fingerprint density at radius 1 is 1.24 bits per heavy atom. The largest absolute Gasteiger partial charge is 0.463 e. The lowest BCUT2D eigenvalue weighted by molar-refractivity contribution is -0.152. The van der Waals surface area contributed by atoms with Crippen molar-refractivity contribution in [1.29, 1.82) is 0 Å². The third-order valence-electron chi connectivity index (χ3n) is 6.51. The van der Waals surface area contributed by atoms with Gasteiger partial charge in [0.25, 0.3) is 5.91 Å². The van der Waals surface area contributed by atoms with Crippen LogP contribution < -0.4 is 5.32 Å². The third kappa shape index (κ3) is 4.33. The lowest BCUT2D eigenvalue weighted by Gasteiger charge is -2.36. The molecular weight excluding hydrogens is 374 g/mol. The van der Waals surface area contributed by atoms with Gasteiger partial charge in [0.2, 0.25) is 0 Å². The first-order valence-electron chi connectivity index (χ1n) is 10.8. The van der Waals surface area contributed by atoms with Crippen LogP contribution in [0.4, 0.5) is 0 Å². The average molecular weight is 405 g/mol. The lowest BCUT2D eigenvalue weighted by atomic mass is 9.76. The van der Waals surface area contributed by atoms with Gasteiger partial charge in [-0.05, 0) is 43.9 Å². The van der Waals surface area contributed by atoms with Crippen molar-refractivity contribution in [3.05, 3.63) is 17.0 Å². The second-order valence-electron chi connectivity index (χ2n) is 8.37. The molecule has 8 heteroatoms. The van der Waals surface area contributed by atoms with E-state index in [1.54, 1.807) is 0 Å². The van der Waals surface area contributed by atoms with E-state index in [1.165, 1.54) is 0 Å². The summed E-state index contributed by atoms with van der Waals surface area (Å²) in [6, 6.07) is 0. The molecule has 1 aromatic heterocycles. The summed E-state index contributed by atoms with van der Waals surface area (Å²) in [6.45, 7) is 6.11. The van der Waals surface area contributed by atoms with Crippen molar-refractivity contribution in [2.45, 2.75) is 52.0 Å². The zero-order valence-electron chi connectivity index (χ0n) is 17.2. The van der Waals surface area contributed by atoms with E-state index in [4.69, 9.17) is 19.3 Å². The number of nitrogens with one attached hydrogen (secondary N) is 1. The van der Waals surface area contributed by atoms with Crippen molar-refractivity contribution in [1.82, 2.24) is 15.1 Å². The number of hydrogen-bond donors (Lipinski definition) is 1. The smallest absolute Gasteiger partial charge is 0.309 e. The van der Waals surface area contributed by atoms with Crippen LogP contribution in [-0.4, -0.2) is 61.2 Å². The maximum atomic E-state index is 12.8. The van der Waals surface area contributed by atoms with Crippen LogP contribution in [-0.2, 0) is 38.4 Å². The number of fused-ring (bicyclic) bond motifs is 1. The Morgan fingerprint density at radius 2 is 1.97 bits per heavy atom. The molecule has 29 heavy (non-hydrogen) atoms. The van der Waals surface area contributed by atoms with Crippen LogP contribution in [0.1, 0.15) is 54.4 Å². The van der Waals surface area contributed by atoms with E-state index < -0.39 is 0 Å². The van der Waals surface area contributed by atoms with E-state index in [9.17, 15) is 9.59 Å². The third-order valence-corrected chi connectivity index (χ3v) is 6.51. The summed E-state index contributed by atoms with van der Waals surface area (Å²) < 4.78 is 18.3. The summed E-state index contributed by atoms with van der Waals surface area (Å²) in [5.74, 6) is -0.257. The fourth-order valence-electron chi connectivity index (χ4n) is 4.64. The predicted octanol–water partition coefficient (Wildman–Crippen LogP) is 1.50. The van der Waals surface area contributed by atoms with E-state index in [-0.39, 0.29) is 29.8 Å². The molecule has 0 unspecified atom stereocenters. The molecule has 0 saturated carbocycles. The number of esters is 1. The highest BCUT2D eigenvalue weighted by molar-refractivity contribution is 5.97. The number of nitrogens with zero attached hydrogens (tertiary/aromatic N) is 2. The highest BCUT2D eigenvalue weighted by atomic mass is 16.5. The van der Waals surface area contributed by atoms with E-state index in [2.05, 4.69) is 5.32 Å². The molecule has 3 aliphatic heterocycles. The highest BCUT2D eigenvalue weighted by Gasteiger charge is 2.39. The second kappa shape index (κ2) is 8.83. The number of carbonyl (C=O) groups excluding carboxylic acids is 2. The summed E-state index contributed by atoms with van der Waals surface area (Å²) in [6.07, 6.45) is 4.80. The van der Waals surface area contributed by atoms with Gasteiger partial charge in [0.1, 0.15) is 6.61 Å². The van der Waals surface area contributed by atoms with E-state index in [0.29, 0.717) is 38.3 Å². The van der Waals surface area contributed by atoms with Crippen molar-refractivity contribution < 1.29 is 23.8 Å². The lowest BCUT2D eigenvalue weighted by Crippen LogP contribution is -2.40. The first-order valence-corrected chi connectivity index (χ1v) is 10.8. The number of amides is 1. The summed E-state index contributed by atoms with van der Waals surface area (Å²) in [7, 11) is 0. The van der Waals surface area contributed by atoms with E-state index in [1.807, 2.05) is 11.6 Å². The van der Waals surface area contributed by atoms with Gasteiger partial charge in [-0.25, -0.2) is 0 Å². The molecule has 0 atom stereocenters. The Hall–Kier alpha value is -1.93. The Labute approximate surface area is 171 Å². The zero-order valence-corrected chi connectivity index (χ0v) is 17.2. The fraction of sp³-hybridized carbons (Fsp3) is 0.762. The monoisotopic (exact) mass is 405 g/mol. The summed E-state index contributed by atoms with van der Waals surface area (Å²) in [5.41, 5.74) is 2.52. The number of rotatable bonds is 5. The molecule has 0 radical (unpaired) electrons. The Morgan fingerprint density at radius 3 is 2.69 bits per heavy atom. The number of hydrogen-bond acceptors (Lipinski definition) is 6. The summed E-state index contributed by atoms with van der Waals surface area (Å²) >= 11 is 0. The van der Waals surface area contributed by atoms with Crippen LogP contribution in [0.25, 0.3) is 0 Å². The van der Waals surface area contributed by atoms with Gasteiger partial charge in [-0.1, -0.05) is 6.92 Å². The van der Waals surface area contributed by atoms with Crippen LogP contribution in [0.3, 0.4) is 0 Å². The molecule has 2 saturated heterocycles. The molecule has 1 aromatic rings. The maximum Gasteiger partial charge on any atom is 0.309 e. The Balaban J connectivity index is 1.49. The normalized spacial score (nSPS) is 22.0. The van der Waals surface area contributed by atoms with Crippen LogP contribution in [0.15, 0.2) is 0 Å². The van der Waals surface area contributed by atoms with Gasteiger partial charge >= 0.3 is 5.97 Å². The van der Waals surface area contributed by atoms with Gasteiger partial charge in [-0.2, -0.15) is 5.10 Å². The molecule has 0 aliphatic carbocycles. The maximum absolute atomic E-state index is 12.8. The minimum absolute atomic E-state index is 0.0146. The second-order valence-corrected chi connectivity index (χ2v) is 8.37. The molecule has 160 valence electrons. The Kier molecular flexibility index (Phi) is 6.20. The van der Waals surface area contributed by atoms with Crippen molar-refractivity contribution >= 4 is 11.9 Å². The number of aromatic nitrogens is 2. The molecule has 8 nitrogen and oxygen atoms in total. The molecule has 1 spiro atoms. The summed E-state index contributed by atoms with van der Waals surface area (Å²) in [4.78, 5) is 25.1.